The number of thiazole rings is 1. The summed E-state index contributed by atoms with van der Waals surface area (Å²) in [5.41, 5.74) is 6.86. The second-order valence-electron chi connectivity index (χ2n) is 5.38. The number of nitrogens with zero attached hydrogens (tertiary/aromatic N) is 2. The maximum Gasteiger partial charge on any atom is 0.193 e. The minimum Gasteiger partial charge on any atom is -0.375 e. The van der Waals surface area contributed by atoms with Gasteiger partial charge in [-0.2, -0.15) is 0 Å². The number of hydrogen-bond donors (Lipinski definition) is 1. The zero-order chi connectivity index (χ0) is 13.1. The summed E-state index contributed by atoms with van der Waals surface area (Å²) in [6, 6.07) is 0. The Morgan fingerprint density at radius 1 is 1.37 bits per heavy atom. The first kappa shape index (κ1) is 13.1. The highest BCUT2D eigenvalue weighted by molar-refractivity contribution is 7.15. The topological polar surface area (TPSA) is 52.5 Å². The molecule has 0 spiro atoms. The lowest BCUT2D eigenvalue weighted by Gasteiger charge is -2.30. The highest BCUT2D eigenvalue weighted by Crippen LogP contribution is 2.29. The van der Waals surface area contributed by atoms with E-state index in [9.17, 15) is 0 Å². The van der Waals surface area contributed by atoms with E-state index in [0.29, 0.717) is 18.4 Å². The zero-order valence-corrected chi connectivity index (χ0v) is 11.9. The minimum atomic E-state index is 0.613. The van der Waals surface area contributed by atoms with Gasteiger partial charge in [0.25, 0.3) is 0 Å². The van der Waals surface area contributed by atoms with Crippen molar-refractivity contribution in [2.24, 2.45) is 17.6 Å². The molecule has 2 atom stereocenters. The van der Waals surface area contributed by atoms with Crippen LogP contribution >= 0.6 is 11.3 Å². The van der Waals surface area contributed by atoms with Crippen LogP contribution < -0.4 is 5.73 Å². The summed E-state index contributed by atoms with van der Waals surface area (Å²) in [7, 11) is 0. The Balaban J connectivity index is 1.50. The molecule has 0 radical (unpaired) electrons. The fourth-order valence-electron chi connectivity index (χ4n) is 2.97. The maximum absolute atomic E-state index is 5.86. The van der Waals surface area contributed by atoms with Crippen molar-refractivity contribution in [3.63, 3.8) is 0 Å². The number of rotatable bonds is 5. The summed E-state index contributed by atoms with van der Waals surface area (Å²) >= 11 is 1.65. The molecule has 1 aliphatic carbocycles. The molecule has 104 valence electrons. The van der Waals surface area contributed by atoms with Crippen LogP contribution in [0.5, 0.6) is 0 Å². The van der Waals surface area contributed by atoms with E-state index < -0.39 is 0 Å². The number of imidazole rings is 1. The van der Waals surface area contributed by atoms with Gasteiger partial charge < -0.3 is 10.5 Å². The number of hydrogen-bond acceptors (Lipinski definition) is 4. The van der Waals surface area contributed by atoms with Crippen molar-refractivity contribution in [3.05, 3.63) is 23.5 Å². The van der Waals surface area contributed by atoms with Gasteiger partial charge >= 0.3 is 0 Å². The number of fused-ring (bicyclic) bond motifs is 1. The van der Waals surface area contributed by atoms with E-state index in [-0.39, 0.29) is 0 Å². The van der Waals surface area contributed by atoms with Crippen LogP contribution in [0.2, 0.25) is 0 Å². The van der Waals surface area contributed by atoms with Gasteiger partial charge in [-0.15, -0.1) is 11.3 Å². The van der Waals surface area contributed by atoms with Gasteiger partial charge in [0.1, 0.15) is 0 Å². The third-order valence-corrected chi connectivity index (χ3v) is 4.86. The Kier molecular flexibility index (Phi) is 4.15. The van der Waals surface area contributed by atoms with Crippen molar-refractivity contribution in [2.75, 3.05) is 13.2 Å². The second-order valence-corrected chi connectivity index (χ2v) is 6.25. The van der Waals surface area contributed by atoms with Crippen molar-refractivity contribution >= 4 is 16.3 Å². The van der Waals surface area contributed by atoms with Crippen LogP contribution in [0.1, 0.15) is 31.4 Å². The van der Waals surface area contributed by atoms with E-state index in [1.165, 1.54) is 25.7 Å². The molecule has 4 nitrogen and oxygen atoms in total. The van der Waals surface area contributed by atoms with Crippen LogP contribution in [0.25, 0.3) is 4.96 Å². The van der Waals surface area contributed by atoms with Crippen LogP contribution in [-0.2, 0) is 11.3 Å². The average molecular weight is 279 g/mol. The van der Waals surface area contributed by atoms with Gasteiger partial charge in [-0.1, -0.05) is 12.8 Å². The fraction of sp³-hybridized carbons (Fsp3) is 0.643. The Morgan fingerprint density at radius 3 is 3.00 bits per heavy atom. The van der Waals surface area contributed by atoms with Gasteiger partial charge in [-0.3, -0.25) is 4.40 Å². The molecule has 2 aromatic heterocycles. The van der Waals surface area contributed by atoms with Gasteiger partial charge in [0.2, 0.25) is 0 Å². The van der Waals surface area contributed by atoms with Crippen molar-refractivity contribution in [3.8, 4) is 0 Å². The standard InChI is InChI=1S/C14H21N3OS/c15-7-11-3-1-2-4-12(11)9-18-10-13-8-17-5-6-19-14(17)16-13/h5-6,8,11-12H,1-4,7,9-10,15H2. The van der Waals surface area contributed by atoms with Crippen molar-refractivity contribution in [2.45, 2.75) is 32.3 Å². The first-order valence-corrected chi connectivity index (χ1v) is 7.93. The Morgan fingerprint density at radius 2 is 2.21 bits per heavy atom. The van der Waals surface area contributed by atoms with E-state index in [2.05, 4.69) is 4.98 Å². The zero-order valence-electron chi connectivity index (χ0n) is 11.1. The predicted octanol–water partition coefficient (Wildman–Crippen LogP) is 2.68. The van der Waals surface area contributed by atoms with E-state index in [4.69, 9.17) is 10.5 Å². The molecule has 1 aliphatic rings. The minimum absolute atomic E-state index is 0.613. The molecule has 3 rings (SSSR count). The third-order valence-electron chi connectivity index (χ3n) is 4.09. The first-order chi connectivity index (χ1) is 9.36. The summed E-state index contributed by atoms with van der Waals surface area (Å²) in [5.74, 6) is 1.29. The van der Waals surface area contributed by atoms with Gasteiger partial charge in [0, 0.05) is 17.8 Å². The molecule has 19 heavy (non-hydrogen) atoms. The number of ether oxygens (including phenoxy) is 1. The lowest BCUT2D eigenvalue weighted by molar-refractivity contribution is 0.0499. The van der Waals surface area contributed by atoms with Gasteiger partial charge in [-0.05, 0) is 31.2 Å². The lowest BCUT2D eigenvalue weighted by atomic mass is 9.80. The Hall–Kier alpha value is -0.910. The van der Waals surface area contributed by atoms with E-state index in [1.807, 2.05) is 22.2 Å². The van der Waals surface area contributed by atoms with Crippen LogP contribution in [0.3, 0.4) is 0 Å². The normalized spacial score (nSPS) is 24.1. The molecule has 0 aromatic carbocycles. The second kappa shape index (κ2) is 6.03. The van der Waals surface area contributed by atoms with Crippen LogP contribution in [0, 0.1) is 11.8 Å². The molecule has 2 N–H and O–H groups in total. The quantitative estimate of drug-likeness (QED) is 0.915. The van der Waals surface area contributed by atoms with Crippen LogP contribution in [-0.4, -0.2) is 22.5 Å². The molecule has 1 saturated carbocycles. The Bertz CT molecular complexity index is 493. The fourth-order valence-corrected chi connectivity index (χ4v) is 3.69. The molecule has 2 heterocycles. The molecule has 5 heteroatoms. The van der Waals surface area contributed by atoms with Gasteiger partial charge in [-0.25, -0.2) is 4.98 Å². The predicted molar refractivity (Wildman–Crippen MR) is 77.2 cm³/mol. The van der Waals surface area contributed by atoms with E-state index in [0.717, 1.165) is 23.8 Å². The molecule has 0 bridgehead atoms. The molecule has 0 amide bonds. The molecular weight excluding hydrogens is 258 g/mol. The summed E-state index contributed by atoms with van der Waals surface area (Å²) in [6.45, 7) is 2.24. The SMILES string of the molecule is NCC1CCCCC1COCc1cn2ccsc2n1. The summed E-state index contributed by atoms with van der Waals surface area (Å²) in [5, 5.41) is 2.04. The first-order valence-electron chi connectivity index (χ1n) is 7.05. The highest BCUT2D eigenvalue weighted by atomic mass is 32.1. The van der Waals surface area contributed by atoms with Gasteiger partial charge in [0.15, 0.2) is 4.96 Å². The average Bonchev–Trinajstić information content (AvgIpc) is 3.00. The van der Waals surface area contributed by atoms with E-state index in [1.54, 1.807) is 11.3 Å². The Labute approximate surface area is 117 Å². The molecular formula is C14H21N3OS. The number of aromatic nitrogens is 2. The van der Waals surface area contributed by atoms with Crippen LogP contribution in [0.15, 0.2) is 17.8 Å². The highest BCUT2D eigenvalue weighted by Gasteiger charge is 2.23. The monoisotopic (exact) mass is 279 g/mol. The largest absolute Gasteiger partial charge is 0.375 e. The van der Waals surface area contributed by atoms with Crippen molar-refractivity contribution in [1.29, 1.82) is 0 Å². The smallest absolute Gasteiger partial charge is 0.193 e. The lowest BCUT2D eigenvalue weighted by Crippen LogP contribution is -2.29. The molecule has 2 aromatic rings. The molecule has 2 unspecified atom stereocenters. The summed E-state index contributed by atoms with van der Waals surface area (Å²) in [6.07, 6.45) is 9.26. The number of nitrogens with two attached hydrogens (primary N) is 1. The molecule has 0 aliphatic heterocycles. The van der Waals surface area contributed by atoms with E-state index >= 15 is 0 Å². The van der Waals surface area contributed by atoms with Crippen LogP contribution in [0.4, 0.5) is 0 Å². The third kappa shape index (κ3) is 2.99. The van der Waals surface area contributed by atoms with Gasteiger partial charge in [0.05, 0.1) is 18.9 Å². The molecule has 1 fully saturated rings. The van der Waals surface area contributed by atoms with Crippen molar-refractivity contribution < 1.29 is 4.74 Å². The maximum atomic E-state index is 5.86. The summed E-state index contributed by atoms with van der Waals surface area (Å²) in [4.78, 5) is 5.56. The van der Waals surface area contributed by atoms with Crippen molar-refractivity contribution in [1.82, 2.24) is 9.38 Å². The molecule has 0 saturated heterocycles. The summed E-state index contributed by atoms with van der Waals surface area (Å²) < 4.78 is 7.91.